The molecule has 0 radical (unpaired) electrons. The van der Waals surface area contributed by atoms with Crippen molar-refractivity contribution < 1.29 is 37.3 Å². The molecule has 2 amide bonds. The van der Waals surface area contributed by atoms with Gasteiger partial charge >= 0.3 is 12.3 Å². The summed E-state index contributed by atoms with van der Waals surface area (Å²) in [6.45, 7) is 9.05. The van der Waals surface area contributed by atoms with Gasteiger partial charge in [0.1, 0.15) is 12.4 Å². The molecule has 0 spiro atoms. The summed E-state index contributed by atoms with van der Waals surface area (Å²) in [4.78, 5) is 34.7. The molecule has 3 unspecified atom stereocenters. The molecule has 3 aromatic rings. The first-order chi connectivity index (χ1) is 22.8. The van der Waals surface area contributed by atoms with E-state index in [0.29, 0.717) is 67.7 Å². The Morgan fingerprint density at radius 1 is 1.23 bits per heavy atom. The molecule has 48 heavy (non-hydrogen) atoms. The van der Waals surface area contributed by atoms with E-state index < -0.39 is 23.4 Å². The second-order valence-electron chi connectivity index (χ2n) is 12.5. The molecule has 256 valence electrons. The van der Waals surface area contributed by atoms with Gasteiger partial charge in [0, 0.05) is 18.0 Å². The zero-order valence-corrected chi connectivity index (χ0v) is 27.3. The number of benzene rings is 2. The van der Waals surface area contributed by atoms with Crippen LogP contribution in [-0.4, -0.2) is 58.8 Å². The van der Waals surface area contributed by atoms with Crippen LogP contribution in [0.15, 0.2) is 72.5 Å². The van der Waals surface area contributed by atoms with Crippen LogP contribution >= 0.6 is 0 Å². The van der Waals surface area contributed by atoms with Gasteiger partial charge in [0.05, 0.1) is 35.9 Å². The average Bonchev–Trinajstić information content (AvgIpc) is 3.20. The lowest BCUT2D eigenvalue weighted by atomic mass is 9.83. The summed E-state index contributed by atoms with van der Waals surface area (Å²) in [6, 6.07) is 10.5. The predicted octanol–water partition coefficient (Wildman–Crippen LogP) is 7.57. The fraction of sp³-hybridized carbons (Fsp3) is 0.417. The van der Waals surface area contributed by atoms with Crippen LogP contribution in [0.5, 0.6) is 0 Å². The average molecular weight is 667 g/mol. The van der Waals surface area contributed by atoms with Crippen molar-refractivity contribution in [1.29, 1.82) is 0 Å². The van der Waals surface area contributed by atoms with E-state index >= 15 is 0 Å². The minimum atomic E-state index is -4.49. The number of aromatic amines is 1. The van der Waals surface area contributed by atoms with Crippen molar-refractivity contribution in [2.45, 2.75) is 57.7 Å². The Hall–Kier alpha value is -4.58. The number of hydrogen-bond acceptors (Lipinski definition) is 6. The molecule has 1 aromatic heterocycles. The molecule has 9 nitrogen and oxygen atoms in total. The van der Waals surface area contributed by atoms with Crippen molar-refractivity contribution in [1.82, 2.24) is 14.9 Å². The molecule has 2 aliphatic rings. The first kappa shape index (κ1) is 34.7. The van der Waals surface area contributed by atoms with Crippen LogP contribution in [-0.2, 0) is 26.0 Å². The van der Waals surface area contributed by atoms with Crippen molar-refractivity contribution in [3.8, 4) is 0 Å². The van der Waals surface area contributed by atoms with Gasteiger partial charge in [-0.15, -0.1) is 0 Å². The third-order valence-corrected chi connectivity index (χ3v) is 9.40. The van der Waals surface area contributed by atoms with Crippen molar-refractivity contribution >= 4 is 34.6 Å². The molecule has 0 bridgehead atoms. The van der Waals surface area contributed by atoms with E-state index in [2.05, 4.69) is 26.6 Å². The molecule has 3 atom stereocenters. The minimum absolute atomic E-state index is 0.0357. The monoisotopic (exact) mass is 666 g/mol. The number of hydrogen-bond donors (Lipinski definition) is 3. The highest BCUT2D eigenvalue weighted by Crippen LogP contribution is 2.42. The Bertz CT molecular complexity index is 1750. The van der Waals surface area contributed by atoms with Crippen LogP contribution in [0, 0.1) is 11.8 Å². The Labute approximate surface area is 277 Å². The Balaban J connectivity index is 1.29. The summed E-state index contributed by atoms with van der Waals surface area (Å²) in [7, 11) is 1.27. The summed E-state index contributed by atoms with van der Waals surface area (Å²) < 4.78 is 50.8. The number of aliphatic hydroxyl groups is 1. The van der Waals surface area contributed by atoms with E-state index in [1.165, 1.54) is 13.2 Å². The maximum atomic E-state index is 14.0. The number of nitrogens with zero attached hydrogens (tertiary/aromatic N) is 2. The van der Waals surface area contributed by atoms with Crippen molar-refractivity contribution in [3.05, 3.63) is 89.2 Å². The molecule has 2 fully saturated rings. The van der Waals surface area contributed by atoms with Crippen LogP contribution in [0.4, 0.5) is 23.9 Å². The van der Waals surface area contributed by atoms with Crippen molar-refractivity contribution in [2.75, 3.05) is 32.1 Å². The van der Waals surface area contributed by atoms with Gasteiger partial charge in [-0.1, -0.05) is 31.7 Å². The fourth-order valence-corrected chi connectivity index (χ4v) is 6.62. The number of carbonyl (C=O) groups is 2. The SMILES string of the molecule is C=C(C=C1CN(C(=O)C(C)C2CCCC(O)(c3cccc(C(F)(F)F)c3)CC2)CCOC1=CC)c1ccc2nc(NC(=O)OC)[nH]c2c1. The Kier molecular flexibility index (Phi) is 10.3. The Morgan fingerprint density at radius 3 is 2.75 bits per heavy atom. The molecule has 1 aliphatic heterocycles. The molecular formula is C36H41F3N4O5. The van der Waals surface area contributed by atoms with Gasteiger partial charge in [-0.2, -0.15) is 13.2 Å². The number of halogens is 3. The van der Waals surface area contributed by atoms with E-state index in [1.54, 1.807) is 11.0 Å². The van der Waals surface area contributed by atoms with Crippen molar-refractivity contribution in [3.63, 3.8) is 0 Å². The van der Waals surface area contributed by atoms with Gasteiger partial charge in [0.25, 0.3) is 0 Å². The van der Waals surface area contributed by atoms with Gasteiger partial charge in [-0.05, 0) is 98.1 Å². The summed E-state index contributed by atoms with van der Waals surface area (Å²) in [6.07, 6.45) is 1.02. The fourth-order valence-electron chi connectivity index (χ4n) is 6.62. The lowest BCUT2D eigenvalue weighted by Crippen LogP contribution is -2.40. The first-order valence-electron chi connectivity index (χ1n) is 16.0. The quantitative estimate of drug-likeness (QED) is 0.234. The number of nitrogens with one attached hydrogen (secondary N) is 2. The number of alkyl halides is 3. The van der Waals surface area contributed by atoms with Gasteiger partial charge in [-0.3, -0.25) is 10.1 Å². The largest absolute Gasteiger partial charge is 0.492 e. The normalized spacial score (nSPS) is 22.9. The number of carbonyl (C=O) groups excluding carboxylic acids is 2. The third-order valence-electron chi connectivity index (χ3n) is 9.40. The number of H-pyrrole nitrogens is 1. The molecule has 2 heterocycles. The summed E-state index contributed by atoms with van der Waals surface area (Å²) in [5, 5.41) is 14.0. The van der Waals surface area contributed by atoms with E-state index in [4.69, 9.17) is 4.74 Å². The summed E-state index contributed by atoms with van der Waals surface area (Å²) in [5.41, 5.74) is 1.72. The molecule has 5 rings (SSSR count). The molecular weight excluding hydrogens is 625 g/mol. The van der Waals surface area contributed by atoms with Crippen LogP contribution in [0.3, 0.4) is 0 Å². The first-order valence-corrected chi connectivity index (χ1v) is 16.0. The predicted molar refractivity (Wildman–Crippen MR) is 177 cm³/mol. The van der Waals surface area contributed by atoms with Crippen LogP contribution in [0.1, 0.15) is 62.6 Å². The molecule has 1 saturated carbocycles. The molecule has 2 aromatic carbocycles. The lowest BCUT2D eigenvalue weighted by Gasteiger charge is -2.30. The van der Waals surface area contributed by atoms with E-state index in [1.807, 2.05) is 44.2 Å². The molecule has 1 aliphatic carbocycles. The number of allylic oxidation sites excluding steroid dienone is 3. The van der Waals surface area contributed by atoms with Gasteiger partial charge < -0.3 is 24.5 Å². The lowest BCUT2D eigenvalue weighted by molar-refractivity contribution is -0.138. The Morgan fingerprint density at radius 2 is 2.02 bits per heavy atom. The van der Waals surface area contributed by atoms with Gasteiger partial charge in [-0.25, -0.2) is 9.78 Å². The van der Waals surface area contributed by atoms with Gasteiger partial charge in [0.15, 0.2) is 0 Å². The molecule has 12 heteroatoms. The number of imidazole rings is 1. The second kappa shape index (κ2) is 14.3. The van der Waals surface area contributed by atoms with Gasteiger partial charge in [0.2, 0.25) is 11.9 Å². The number of aromatic nitrogens is 2. The highest BCUT2D eigenvalue weighted by molar-refractivity contribution is 5.88. The standard InChI is InChI=1S/C36H41F3N4O5/c1-5-31-26(18-22(2)25-11-12-29-30(19-25)41-33(40-29)42-34(45)47-4)21-43(16-17-48-31)32(44)23(3)24-8-7-14-35(46,15-13-24)27-9-6-10-28(20-27)36(37,38)39/h5-6,9-12,18-20,23-24,46H,2,7-8,13-17,21H2,1,3-4H3,(H2,40,41,42,45). The minimum Gasteiger partial charge on any atom is -0.492 e. The van der Waals surface area contributed by atoms with Crippen LogP contribution in [0.2, 0.25) is 0 Å². The second-order valence-corrected chi connectivity index (χ2v) is 12.5. The number of methoxy groups -OCH3 is 1. The third kappa shape index (κ3) is 7.75. The zero-order chi connectivity index (χ0) is 34.6. The van der Waals surface area contributed by atoms with Crippen molar-refractivity contribution in [2.24, 2.45) is 11.8 Å². The highest BCUT2D eigenvalue weighted by Gasteiger charge is 2.38. The highest BCUT2D eigenvalue weighted by atomic mass is 19.4. The number of fused-ring (bicyclic) bond motifs is 1. The summed E-state index contributed by atoms with van der Waals surface area (Å²) in [5.74, 6) is 0.479. The number of rotatable bonds is 6. The van der Waals surface area contributed by atoms with Crippen LogP contribution in [0.25, 0.3) is 16.6 Å². The maximum Gasteiger partial charge on any atom is 0.416 e. The molecule has 1 saturated heterocycles. The topological polar surface area (TPSA) is 117 Å². The number of ether oxygens (including phenoxy) is 2. The maximum absolute atomic E-state index is 14.0. The summed E-state index contributed by atoms with van der Waals surface area (Å²) >= 11 is 0. The zero-order valence-electron chi connectivity index (χ0n) is 27.3. The van der Waals surface area contributed by atoms with Crippen LogP contribution < -0.4 is 5.32 Å². The van der Waals surface area contributed by atoms with E-state index in [0.717, 1.165) is 23.3 Å². The molecule has 3 N–H and O–H groups in total. The number of anilines is 1. The smallest absolute Gasteiger partial charge is 0.416 e. The van der Waals surface area contributed by atoms with E-state index in [-0.39, 0.29) is 35.7 Å². The van der Waals surface area contributed by atoms with E-state index in [9.17, 15) is 27.9 Å². The number of amides is 2.